The fourth-order valence-electron chi connectivity index (χ4n) is 3.64. The van der Waals surface area contributed by atoms with Gasteiger partial charge in [-0.25, -0.2) is 14.6 Å². The highest BCUT2D eigenvalue weighted by Gasteiger charge is 2.16. The number of anilines is 1. The van der Waals surface area contributed by atoms with Gasteiger partial charge < -0.3 is 15.2 Å². The topological polar surface area (TPSA) is 120 Å². The monoisotopic (exact) mass is 512 g/mol. The van der Waals surface area contributed by atoms with Gasteiger partial charge in [-0.2, -0.15) is 10.1 Å². The van der Waals surface area contributed by atoms with Crippen molar-refractivity contribution in [1.82, 2.24) is 34.6 Å². The number of fused-ring (bicyclic) bond motifs is 2. The van der Waals surface area contributed by atoms with Gasteiger partial charge >= 0.3 is 0 Å². The molecule has 33 heavy (non-hydrogen) atoms. The number of benzene rings is 1. The van der Waals surface area contributed by atoms with E-state index in [0.29, 0.717) is 39.2 Å². The minimum Gasteiger partial charge on any atom is -0.359 e. The molecule has 0 spiro atoms. The molecule has 172 valence electrons. The molecule has 0 radical (unpaired) electrons. The van der Waals surface area contributed by atoms with Gasteiger partial charge in [0.15, 0.2) is 5.65 Å². The summed E-state index contributed by atoms with van der Waals surface area (Å²) in [4.78, 5) is 37.5. The summed E-state index contributed by atoms with van der Waals surface area (Å²) < 4.78 is 3.74. The van der Waals surface area contributed by atoms with Crippen LogP contribution in [0.5, 0.6) is 0 Å². The Morgan fingerprint density at radius 2 is 2.06 bits per heavy atom. The Bertz CT molecular complexity index is 1380. The number of rotatable bonds is 8. The molecule has 4 rings (SSSR count). The molecule has 3 heterocycles. The van der Waals surface area contributed by atoms with Gasteiger partial charge in [0.2, 0.25) is 11.9 Å². The van der Waals surface area contributed by atoms with Crippen LogP contribution in [0.25, 0.3) is 27.6 Å². The molecule has 2 N–H and O–H groups in total. The molecule has 1 atom stereocenters. The van der Waals surface area contributed by atoms with Gasteiger partial charge in [-0.1, -0.05) is 6.92 Å². The van der Waals surface area contributed by atoms with E-state index in [0.717, 1.165) is 24.6 Å². The number of nitrogens with zero attached hydrogens (tertiary/aromatic N) is 6. The molecule has 0 unspecified atom stereocenters. The Morgan fingerprint density at radius 1 is 1.24 bits per heavy atom. The largest absolute Gasteiger partial charge is 0.359 e. The highest BCUT2D eigenvalue weighted by molar-refractivity contribution is 9.10. The summed E-state index contributed by atoms with van der Waals surface area (Å²) in [5.74, 6) is 0.526. The molecule has 10 nitrogen and oxygen atoms in total. The van der Waals surface area contributed by atoms with Crippen molar-refractivity contribution in [2.45, 2.75) is 38.6 Å². The lowest BCUT2D eigenvalue weighted by Gasteiger charge is -2.16. The lowest BCUT2D eigenvalue weighted by molar-refractivity contribution is -0.120. The zero-order valence-corrected chi connectivity index (χ0v) is 20.3. The van der Waals surface area contributed by atoms with Crippen LogP contribution >= 0.6 is 15.9 Å². The predicted molar refractivity (Wildman–Crippen MR) is 131 cm³/mol. The van der Waals surface area contributed by atoms with Crippen molar-refractivity contribution in [3.8, 4) is 5.69 Å². The first-order chi connectivity index (χ1) is 15.9. The molecule has 0 saturated carbocycles. The fourth-order valence-corrected chi connectivity index (χ4v) is 4.08. The van der Waals surface area contributed by atoms with E-state index in [2.05, 4.69) is 48.6 Å². The SMILES string of the molecule is CC[C@@H](CCCC(=O)NC)Nc1ncc2c(Br)nn(-c3ccc4ncn(C)c(=O)c4c3)c2n1. The molecule has 1 aromatic carbocycles. The maximum atomic E-state index is 12.6. The molecule has 0 aliphatic carbocycles. The third-order valence-corrected chi connectivity index (χ3v) is 6.17. The molecule has 11 heteroatoms. The van der Waals surface area contributed by atoms with Crippen molar-refractivity contribution < 1.29 is 4.79 Å². The van der Waals surface area contributed by atoms with Crippen LogP contribution in [0.4, 0.5) is 5.95 Å². The van der Waals surface area contributed by atoms with Crippen molar-refractivity contribution in [2.75, 3.05) is 12.4 Å². The van der Waals surface area contributed by atoms with Gasteiger partial charge in [0, 0.05) is 32.8 Å². The number of carbonyl (C=O) groups excluding carboxylic acids is 1. The molecule has 0 aliphatic rings. The molecule has 3 aromatic heterocycles. The van der Waals surface area contributed by atoms with Crippen LogP contribution in [-0.4, -0.2) is 48.3 Å². The first-order valence-corrected chi connectivity index (χ1v) is 11.5. The molecule has 0 bridgehead atoms. The number of amides is 1. The van der Waals surface area contributed by atoms with Crippen molar-refractivity contribution in [3.63, 3.8) is 0 Å². The smallest absolute Gasteiger partial charge is 0.260 e. The third kappa shape index (κ3) is 4.72. The fraction of sp³-hybridized carbons (Fsp3) is 0.364. The lowest BCUT2D eigenvalue weighted by Crippen LogP contribution is -2.22. The standard InChI is InChI=1S/C22H25BrN8O2/c1-4-13(6-5-7-18(32)24-2)27-22-25-11-16-19(23)29-31(20(16)28-22)14-8-9-17-15(10-14)21(33)30(3)12-26-17/h8-13H,4-7H2,1-3H3,(H,24,32)(H,25,27,28)/t13-/m0/s1. The molecular weight excluding hydrogens is 488 g/mol. The highest BCUT2D eigenvalue weighted by atomic mass is 79.9. The Labute approximate surface area is 198 Å². The maximum Gasteiger partial charge on any atom is 0.260 e. The normalized spacial score (nSPS) is 12.2. The molecule has 4 aromatic rings. The van der Waals surface area contributed by atoms with Crippen molar-refractivity contribution >= 4 is 49.7 Å². The van der Waals surface area contributed by atoms with Crippen LogP contribution in [-0.2, 0) is 11.8 Å². The molecule has 1 amide bonds. The molecular formula is C22H25BrN8O2. The van der Waals surface area contributed by atoms with Crippen LogP contribution in [0.1, 0.15) is 32.6 Å². The summed E-state index contributed by atoms with van der Waals surface area (Å²) >= 11 is 3.49. The van der Waals surface area contributed by atoms with Crippen molar-refractivity contribution in [2.24, 2.45) is 7.05 Å². The second kappa shape index (κ2) is 9.65. The second-order valence-electron chi connectivity index (χ2n) is 7.81. The Hall–Kier alpha value is -3.34. The number of halogens is 1. The minimum atomic E-state index is -0.128. The summed E-state index contributed by atoms with van der Waals surface area (Å²) in [5, 5.41) is 11.8. The summed E-state index contributed by atoms with van der Waals surface area (Å²) in [6, 6.07) is 5.57. The number of nitrogens with one attached hydrogen (secondary N) is 2. The van der Waals surface area contributed by atoms with Gasteiger partial charge in [-0.05, 0) is 53.4 Å². The summed E-state index contributed by atoms with van der Waals surface area (Å²) in [7, 11) is 3.32. The van der Waals surface area contributed by atoms with E-state index in [1.54, 1.807) is 37.1 Å². The first-order valence-electron chi connectivity index (χ1n) is 10.8. The average Bonchev–Trinajstić information content (AvgIpc) is 3.16. The Morgan fingerprint density at radius 3 is 2.82 bits per heavy atom. The van der Waals surface area contributed by atoms with Crippen LogP contribution in [0.2, 0.25) is 0 Å². The van der Waals surface area contributed by atoms with E-state index in [4.69, 9.17) is 4.98 Å². The van der Waals surface area contributed by atoms with E-state index >= 15 is 0 Å². The first kappa shape index (κ1) is 22.8. The van der Waals surface area contributed by atoms with Gasteiger partial charge in [-0.3, -0.25) is 9.59 Å². The predicted octanol–water partition coefficient (Wildman–Crippen LogP) is 2.93. The van der Waals surface area contributed by atoms with E-state index < -0.39 is 0 Å². The van der Waals surface area contributed by atoms with Crippen LogP contribution in [0.3, 0.4) is 0 Å². The number of hydrogen-bond acceptors (Lipinski definition) is 7. The number of aromatic nitrogens is 6. The van der Waals surface area contributed by atoms with Gasteiger partial charge in [0.05, 0.1) is 28.3 Å². The molecule has 0 saturated heterocycles. The minimum absolute atomic E-state index is 0.0386. The summed E-state index contributed by atoms with van der Waals surface area (Å²) in [5.41, 5.74) is 1.80. The van der Waals surface area contributed by atoms with Crippen LogP contribution in [0, 0.1) is 0 Å². The quantitative estimate of drug-likeness (QED) is 0.372. The van der Waals surface area contributed by atoms with Crippen molar-refractivity contribution in [3.05, 3.63) is 45.7 Å². The van der Waals surface area contributed by atoms with E-state index in [-0.39, 0.29) is 17.5 Å². The summed E-state index contributed by atoms with van der Waals surface area (Å²) in [6.07, 6.45) is 6.20. The van der Waals surface area contributed by atoms with Crippen LogP contribution < -0.4 is 16.2 Å². The zero-order chi connectivity index (χ0) is 23.5. The van der Waals surface area contributed by atoms with E-state index in [1.165, 1.54) is 10.9 Å². The zero-order valence-electron chi connectivity index (χ0n) is 18.7. The Kier molecular flexibility index (Phi) is 6.68. The number of carbonyl (C=O) groups is 1. The van der Waals surface area contributed by atoms with E-state index in [9.17, 15) is 9.59 Å². The molecule has 0 aliphatic heterocycles. The highest BCUT2D eigenvalue weighted by Crippen LogP contribution is 2.26. The van der Waals surface area contributed by atoms with Gasteiger partial charge in [0.25, 0.3) is 5.56 Å². The van der Waals surface area contributed by atoms with Crippen molar-refractivity contribution in [1.29, 1.82) is 0 Å². The second-order valence-corrected chi connectivity index (χ2v) is 8.56. The van der Waals surface area contributed by atoms with E-state index in [1.807, 2.05) is 6.07 Å². The third-order valence-electron chi connectivity index (χ3n) is 5.59. The maximum absolute atomic E-state index is 12.6. The van der Waals surface area contributed by atoms with Crippen LogP contribution in [0.15, 0.2) is 40.1 Å². The van der Waals surface area contributed by atoms with Gasteiger partial charge in [0.1, 0.15) is 4.60 Å². The molecule has 0 fully saturated rings. The number of hydrogen-bond donors (Lipinski definition) is 2. The Balaban J connectivity index is 1.66. The lowest BCUT2D eigenvalue weighted by atomic mass is 10.1. The van der Waals surface area contributed by atoms with Gasteiger partial charge in [-0.15, -0.1) is 0 Å². The summed E-state index contributed by atoms with van der Waals surface area (Å²) in [6.45, 7) is 2.08. The number of aryl methyl sites for hydroxylation is 1. The average molecular weight is 513 g/mol.